The molecule has 30 heavy (non-hydrogen) atoms. The summed E-state index contributed by atoms with van der Waals surface area (Å²) in [5, 5.41) is 14.7. The van der Waals surface area contributed by atoms with E-state index in [9.17, 15) is 0 Å². The number of anilines is 1. The zero-order chi connectivity index (χ0) is 21.5. The minimum Gasteiger partial charge on any atom is -0.404 e. The van der Waals surface area contributed by atoms with Gasteiger partial charge in [-0.1, -0.05) is 0 Å². The Kier molecular flexibility index (Phi) is 6.39. The van der Waals surface area contributed by atoms with E-state index >= 15 is 0 Å². The molecule has 0 bridgehead atoms. The largest absolute Gasteiger partial charge is 0.404 e. The number of rotatable bonds is 7. The Morgan fingerprint density at radius 2 is 1.97 bits per heavy atom. The fourth-order valence-corrected chi connectivity index (χ4v) is 2.81. The minimum atomic E-state index is 0.337. The average Bonchev–Trinajstić information content (AvgIpc) is 2.77. The van der Waals surface area contributed by atoms with E-state index in [0.29, 0.717) is 34.0 Å². The standard InChI is InChI=1S/C22H24N8/c1-14(10-23)8-20(24)30-21-6-5-18-19(29-21)9-16(12-28-18)17(13-26-2)22(25)15-4-3-7-27-11-15/h3-13,25-26H,23-24H2,1-2H3,(H,29,30)/b14-10-,17-13-,20-8+,25-22?. The van der Waals surface area contributed by atoms with E-state index in [4.69, 9.17) is 16.9 Å². The van der Waals surface area contributed by atoms with Crippen LogP contribution in [0.3, 0.4) is 0 Å². The minimum absolute atomic E-state index is 0.337. The molecule has 0 atom stereocenters. The molecule has 8 nitrogen and oxygen atoms in total. The van der Waals surface area contributed by atoms with Crippen molar-refractivity contribution in [3.63, 3.8) is 0 Å². The second-order valence-corrected chi connectivity index (χ2v) is 6.56. The van der Waals surface area contributed by atoms with Gasteiger partial charge >= 0.3 is 0 Å². The van der Waals surface area contributed by atoms with Gasteiger partial charge in [-0.2, -0.15) is 0 Å². The number of nitrogens with two attached hydrogens (primary N) is 2. The molecule has 0 aromatic carbocycles. The highest BCUT2D eigenvalue weighted by Crippen LogP contribution is 2.22. The molecule has 3 heterocycles. The molecule has 152 valence electrons. The van der Waals surface area contributed by atoms with Gasteiger partial charge in [-0.05, 0) is 55.1 Å². The van der Waals surface area contributed by atoms with Crippen molar-refractivity contribution in [2.24, 2.45) is 11.5 Å². The van der Waals surface area contributed by atoms with E-state index in [2.05, 4.69) is 25.6 Å². The van der Waals surface area contributed by atoms with Crippen LogP contribution in [0.2, 0.25) is 0 Å². The Morgan fingerprint density at radius 3 is 2.67 bits per heavy atom. The highest BCUT2D eigenvalue weighted by Gasteiger charge is 2.13. The molecule has 0 aliphatic heterocycles. The number of nitrogens with one attached hydrogen (secondary N) is 3. The number of pyridine rings is 3. The Bertz CT molecular complexity index is 1150. The van der Waals surface area contributed by atoms with Crippen LogP contribution in [0.15, 0.2) is 78.8 Å². The topological polar surface area (TPSA) is 139 Å². The molecule has 3 rings (SSSR count). The molecule has 0 aliphatic rings. The lowest BCUT2D eigenvalue weighted by Gasteiger charge is -2.11. The summed E-state index contributed by atoms with van der Waals surface area (Å²) in [5.74, 6) is 1.01. The number of hydrogen-bond acceptors (Lipinski definition) is 8. The molecule has 3 aromatic rings. The van der Waals surface area contributed by atoms with Gasteiger partial charge in [0.2, 0.25) is 0 Å². The molecular formula is C22H24N8. The smallest absolute Gasteiger partial charge is 0.132 e. The van der Waals surface area contributed by atoms with Crippen molar-refractivity contribution < 1.29 is 0 Å². The first-order valence-corrected chi connectivity index (χ1v) is 9.28. The summed E-state index contributed by atoms with van der Waals surface area (Å²) in [6.45, 7) is 1.85. The fraction of sp³-hybridized carbons (Fsp3) is 0.0909. The van der Waals surface area contributed by atoms with Crippen molar-refractivity contribution >= 4 is 28.1 Å². The first-order chi connectivity index (χ1) is 14.5. The maximum absolute atomic E-state index is 8.61. The zero-order valence-electron chi connectivity index (χ0n) is 16.8. The van der Waals surface area contributed by atoms with E-state index in [0.717, 1.165) is 16.7 Å². The van der Waals surface area contributed by atoms with E-state index in [1.807, 2.05) is 25.1 Å². The molecule has 0 spiro atoms. The summed E-state index contributed by atoms with van der Waals surface area (Å²) in [4.78, 5) is 13.2. The van der Waals surface area contributed by atoms with E-state index in [-0.39, 0.29) is 0 Å². The van der Waals surface area contributed by atoms with Gasteiger partial charge in [0.1, 0.15) is 11.6 Å². The monoisotopic (exact) mass is 400 g/mol. The number of nitrogens with zero attached hydrogens (tertiary/aromatic N) is 3. The molecule has 0 amide bonds. The van der Waals surface area contributed by atoms with Crippen LogP contribution in [0.4, 0.5) is 5.82 Å². The molecule has 0 aliphatic carbocycles. The number of fused-ring (bicyclic) bond motifs is 1. The predicted octanol–water partition coefficient (Wildman–Crippen LogP) is 2.73. The van der Waals surface area contributed by atoms with Crippen LogP contribution in [-0.4, -0.2) is 27.7 Å². The van der Waals surface area contributed by atoms with Crippen LogP contribution in [-0.2, 0) is 0 Å². The quantitative estimate of drug-likeness (QED) is 0.303. The summed E-state index contributed by atoms with van der Waals surface area (Å²) in [5.41, 5.74) is 16.2. The maximum Gasteiger partial charge on any atom is 0.132 e. The first kappa shape index (κ1) is 20.5. The molecule has 8 heteroatoms. The summed E-state index contributed by atoms with van der Waals surface area (Å²) < 4.78 is 0. The van der Waals surface area contributed by atoms with Gasteiger partial charge < -0.3 is 22.1 Å². The van der Waals surface area contributed by atoms with E-state index in [1.54, 1.807) is 50.0 Å². The summed E-state index contributed by atoms with van der Waals surface area (Å²) in [6, 6.07) is 9.21. The Labute approximate surface area is 175 Å². The zero-order valence-corrected chi connectivity index (χ0v) is 16.8. The van der Waals surface area contributed by atoms with Crippen LogP contribution in [0.5, 0.6) is 0 Å². The van der Waals surface area contributed by atoms with Crippen molar-refractivity contribution in [2.45, 2.75) is 6.92 Å². The SMILES string of the molecule is CN/C=C(\C(=N)c1cccnc1)c1cnc2ccc(N/C(N)=C/C(C)=C\N)nc2c1. The van der Waals surface area contributed by atoms with Gasteiger partial charge in [0.05, 0.1) is 16.7 Å². The molecule has 0 unspecified atom stereocenters. The van der Waals surface area contributed by atoms with Crippen LogP contribution in [0.1, 0.15) is 18.1 Å². The molecule has 0 saturated heterocycles. The summed E-state index contributed by atoms with van der Waals surface area (Å²) in [7, 11) is 1.79. The van der Waals surface area contributed by atoms with Crippen molar-refractivity contribution in [1.29, 1.82) is 5.41 Å². The highest BCUT2D eigenvalue weighted by molar-refractivity contribution is 6.30. The van der Waals surface area contributed by atoms with Gasteiger partial charge in [-0.3, -0.25) is 15.4 Å². The van der Waals surface area contributed by atoms with Crippen LogP contribution in [0.25, 0.3) is 16.6 Å². The average molecular weight is 400 g/mol. The molecule has 0 fully saturated rings. The third kappa shape index (κ3) is 4.79. The molecule has 0 saturated carbocycles. The van der Waals surface area contributed by atoms with Crippen LogP contribution < -0.4 is 22.1 Å². The maximum atomic E-state index is 8.61. The molecule has 7 N–H and O–H groups in total. The molecular weight excluding hydrogens is 376 g/mol. The van der Waals surface area contributed by atoms with E-state index < -0.39 is 0 Å². The summed E-state index contributed by atoms with van der Waals surface area (Å²) >= 11 is 0. The lowest BCUT2D eigenvalue weighted by molar-refractivity contribution is 1.11. The first-order valence-electron chi connectivity index (χ1n) is 9.28. The van der Waals surface area contributed by atoms with Gasteiger partial charge in [-0.15, -0.1) is 0 Å². The summed E-state index contributed by atoms with van der Waals surface area (Å²) in [6.07, 6.45) is 10.0. The third-order valence-corrected chi connectivity index (χ3v) is 4.28. The van der Waals surface area contributed by atoms with Crippen molar-refractivity contribution in [2.75, 3.05) is 12.4 Å². The Balaban J connectivity index is 1.97. The normalized spacial score (nSPS) is 12.7. The lowest BCUT2D eigenvalue weighted by atomic mass is 9.98. The van der Waals surface area contributed by atoms with Crippen molar-refractivity contribution in [1.82, 2.24) is 20.3 Å². The second kappa shape index (κ2) is 9.33. The van der Waals surface area contributed by atoms with E-state index in [1.165, 1.54) is 6.20 Å². The van der Waals surface area contributed by atoms with Crippen LogP contribution in [0, 0.1) is 5.41 Å². The Hall–Kier alpha value is -4.20. The molecule has 3 aromatic heterocycles. The van der Waals surface area contributed by atoms with Crippen molar-refractivity contribution in [3.05, 3.63) is 89.9 Å². The number of aromatic nitrogens is 3. The Morgan fingerprint density at radius 1 is 1.13 bits per heavy atom. The van der Waals surface area contributed by atoms with Gasteiger partial charge in [0, 0.05) is 48.5 Å². The number of allylic oxidation sites excluding steroid dienone is 3. The highest BCUT2D eigenvalue weighted by atomic mass is 15.1. The fourth-order valence-electron chi connectivity index (χ4n) is 2.81. The van der Waals surface area contributed by atoms with Crippen LogP contribution >= 0.6 is 0 Å². The second-order valence-electron chi connectivity index (χ2n) is 6.56. The number of hydrogen-bond donors (Lipinski definition) is 5. The third-order valence-electron chi connectivity index (χ3n) is 4.28. The predicted molar refractivity (Wildman–Crippen MR) is 121 cm³/mol. The lowest BCUT2D eigenvalue weighted by Crippen LogP contribution is -2.11. The van der Waals surface area contributed by atoms with Gasteiger partial charge in [-0.25, -0.2) is 4.98 Å². The van der Waals surface area contributed by atoms with Gasteiger partial charge in [0.25, 0.3) is 0 Å². The van der Waals surface area contributed by atoms with Crippen molar-refractivity contribution in [3.8, 4) is 0 Å². The molecule has 0 radical (unpaired) electrons. The van der Waals surface area contributed by atoms with Gasteiger partial charge in [0.15, 0.2) is 0 Å².